The monoisotopic (exact) mass is 326 g/mol. The summed E-state index contributed by atoms with van der Waals surface area (Å²) >= 11 is 0. The van der Waals surface area contributed by atoms with Crippen LogP contribution >= 0.6 is 0 Å². The summed E-state index contributed by atoms with van der Waals surface area (Å²) in [6.45, 7) is 6.52. The van der Waals surface area contributed by atoms with Crippen LogP contribution in [0, 0.1) is 17.3 Å². The molecule has 130 valence electrons. The van der Waals surface area contributed by atoms with E-state index in [1.165, 1.54) is 38.5 Å². The van der Waals surface area contributed by atoms with Crippen molar-refractivity contribution in [3.8, 4) is 0 Å². The second kappa shape index (κ2) is 6.00. The molecule has 4 rings (SSSR count). The highest BCUT2D eigenvalue weighted by Crippen LogP contribution is 2.60. The Bertz CT molecular complexity index is 634. The fourth-order valence-corrected chi connectivity index (χ4v) is 5.34. The molecule has 0 saturated heterocycles. The summed E-state index contributed by atoms with van der Waals surface area (Å²) in [5, 5.41) is 19.9. The molecule has 0 amide bonds. The van der Waals surface area contributed by atoms with Gasteiger partial charge in [-0.05, 0) is 73.3 Å². The standard InChI is InChI=1S/C22H30O2/c1-14-17(12-18(23)13-21(14)24)8-7-15-4-3-11-22(2)19(15)9-10-20(22)16-5-6-16/h7-8,10,16,18-19,21,23-24H,1,3-6,9,11-13H2,2H3/b15-7+,17-8-/t18?,19?,21-,22-/m0/s1. The zero-order valence-corrected chi connectivity index (χ0v) is 14.8. The molecule has 4 aliphatic rings. The Hall–Kier alpha value is -1.12. The van der Waals surface area contributed by atoms with E-state index in [1.807, 2.05) is 0 Å². The maximum absolute atomic E-state index is 10.0. The van der Waals surface area contributed by atoms with Gasteiger partial charge in [-0.3, -0.25) is 0 Å². The van der Waals surface area contributed by atoms with Crippen LogP contribution in [-0.2, 0) is 0 Å². The molecule has 3 saturated carbocycles. The summed E-state index contributed by atoms with van der Waals surface area (Å²) < 4.78 is 0. The Kier molecular flexibility index (Phi) is 4.09. The molecule has 0 aliphatic heterocycles. The molecule has 0 heterocycles. The van der Waals surface area contributed by atoms with E-state index in [0.717, 1.165) is 17.1 Å². The lowest BCUT2D eigenvalue weighted by Gasteiger charge is -2.41. The maximum Gasteiger partial charge on any atom is 0.0811 e. The first-order chi connectivity index (χ1) is 11.5. The van der Waals surface area contributed by atoms with Crippen molar-refractivity contribution in [2.75, 3.05) is 0 Å². The molecule has 2 unspecified atom stereocenters. The summed E-state index contributed by atoms with van der Waals surface area (Å²) in [6.07, 6.45) is 14.7. The van der Waals surface area contributed by atoms with Gasteiger partial charge in [-0.2, -0.15) is 0 Å². The third-order valence-electron chi connectivity index (χ3n) is 6.89. The highest BCUT2D eigenvalue weighted by atomic mass is 16.3. The van der Waals surface area contributed by atoms with Crippen LogP contribution in [-0.4, -0.2) is 22.4 Å². The normalized spacial score (nSPS) is 43.2. The lowest BCUT2D eigenvalue weighted by molar-refractivity contribution is 0.0862. The molecule has 2 nitrogen and oxygen atoms in total. The van der Waals surface area contributed by atoms with Gasteiger partial charge in [-0.1, -0.05) is 42.9 Å². The Morgan fingerprint density at radius 1 is 1.25 bits per heavy atom. The quantitative estimate of drug-likeness (QED) is 0.736. The van der Waals surface area contributed by atoms with Gasteiger partial charge in [0.2, 0.25) is 0 Å². The molecule has 2 N–H and O–H groups in total. The van der Waals surface area contributed by atoms with Crippen molar-refractivity contribution in [2.24, 2.45) is 17.3 Å². The molecule has 4 atom stereocenters. The molecule has 0 radical (unpaired) electrons. The first kappa shape index (κ1) is 16.4. The number of hydrogen-bond acceptors (Lipinski definition) is 2. The second-order valence-corrected chi connectivity index (χ2v) is 8.56. The minimum absolute atomic E-state index is 0.381. The third kappa shape index (κ3) is 2.74. The number of allylic oxidation sites excluding steroid dienone is 5. The fraction of sp³-hybridized carbons (Fsp3) is 0.636. The van der Waals surface area contributed by atoms with E-state index in [9.17, 15) is 10.2 Å². The van der Waals surface area contributed by atoms with E-state index in [0.29, 0.717) is 24.2 Å². The molecule has 0 aromatic heterocycles. The molecule has 0 bridgehead atoms. The van der Waals surface area contributed by atoms with E-state index in [-0.39, 0.29) is 0 Å². The van der Waals surface area contributed by atoms with Crippen LogP contribution < -0.4 is 0 Å². The summed E-state index contributed by atoms with van der Waals surface area (Å²) in [6, 6.07) is 0. The van der Waals surface area contributed by atoms with Gasteiger partial charge >= 0.3 is 0 Å². The first-order valence-electron chi connectivity index (χ1n) is 9.64. The second-order valence-electron chi connectivity index (χ2n) is 8.56. The van der Waals surface area contributed by atoms with E-state index in [4.69, 9.17) is 0 Å². The zero-order valence-electron chi connectivity index (χ0n) is 14.8. The largest absolute Gasteiger partial charge is 0.393 e. The predicted octanol–water partition coefficient (Wildman–Crippen LogP) is 4.46. The van der Waals surface area contributed by atoms with Crippen molar-refractivity contribution < 1.29 is 10.2 Å². The third-order valence-corrected chi connectivity index (χ3v) is 6.89. The van der Waals surface area contributed by atoms with Crippen molar-refractivity contribution in [3.05, 3.63) is 47.1 Å². The highest BCUT2D eigenvalue weighted by molar-refractivity contribution is 5.40. The van der Waals surface area contributed by atoms with Crippen LogP contribution in [0.4, 0.5) is 0 Å². The van der Waals surface area contributed by atoms with Gasteiger partial charge in [0, 0.05) is 6.42 Å². The summed E-state index contributed by atoms with van der Waals surface area (Å²) in [7, 11) is 0. The minimum atomic E-state index is -0.593. The molecule has 3 fully saturated rings. The van der Waals surface area contributed by atoms with Crippen LogP contribution in [0.25, 0.3) is 0 Å². The summed E-state index contributed by atoms with van der Waals surface area (Å²) in [4.78, 5) is 0. The van der Waals surface area contributed by atoms with Crippen LogP contribution in [0.15, 0.2) is 47.1 Å². The first-order valence-corrected chi connectivity index (χ1v) is 9.64. The van der Waals surface area contributed by atoms with Crippen molar-refractivity contribution in [3.63, 3.8) is 0 Å². The van der Waals surface area contributed by atoms with Gasteiger partial charge in [0.05, 0.1) is 12.2 Å². The number of aliphatic hydroxyl groups excluding tert-OH is 2. The van der Waals surface area contributed by atoms with Gasteiger partial charge in [0.1, 0.15) is 0 Å². The zero-order chi connectivity index (χ0) is 16.9. The number of hydrogen-bond donors (Lipinski definition) is 2. The van der Waals surface area contributed by atoms with E-state index < -0.39 is 12.2 Å². The van der Waals surface area contributed by atoms with Crippen LogP contribution in [0.5, 0.6) is 0 Å². The van der Waals surface area contributed by atoms with Gasteiger partial charge < -0.3 is 10.2 Å². The van der Waals surface area contributed by atoms with E-state index in [2.05, 4.69) is 31.7 Å². The fourth-order valence-electron chi connectivity index (χ4n) is 5.34. The lowest BCUT2D eigenvalue weighted by Crippen LogP contribution is -2.31. The molecular weight excluding hydrogens is 296 g/mol. The minimum Gasteiger partial charge on any atom is -0.393 e. The number of fused-ring (bicyclic) bond motifs is 1. The molecule has 0 aromatic rings. The van der Waals surface area contributed by atoms with Crippen molar-refractivity contribution in [2.45, 2.75) is 70.5 Å². The molecule has 0 spiro atoms. The Labute approximate surface area is 145 Å². The molecule has 24 heavy (non-hydrogen) atoms. The Balaban J connectivity index is 1.57. The molecule has 2 heteroatoms. The average molecular weight is 326 g/mol. The smallest absolute Gasteiger partial charge is 0.0811 e. The number of rotatable bonds is 2. The van der Waals surface area contributed by atoms with Crippen molar-refractivity contribution in [1.82, 2.24) is 0 Å². The molecule has 4 aliphatic carbocycles. The molecule has 0 aromatic carbocycles. The topological polar surface area (TPSA) is 40.5 Å². The molecular formula is C22H30O2. The van der Waals surface area contributed by atoms with Crippen LogP contribution in [0.2, 0.25) is 0 Å². The maximum atomic E-state index is 10.0. The predicted molar refractivity (Wildman–Crippen MR) is 97.4 cm³/mol. The van der Waals surface area contributed by atoms with E-state index in [1.54, 1.807) is 11.1 Å². The van der Waals surface area contributed by atoms with Crippen LogP contribution in [0.1, 0.15) is 58.3 Å². The Morgan fingerprint density at radius 3 is 2.79 bits per heavy atom. The van der Waals surface area contributed by atoms with Gasteiger partial charge in [-0.25, -0.2) is 0 Å². The van der Waals surface area contributed by atoms with Crippen molar-refractivity contribution >= 4 is 0 Å². The van der Waals surface area contributed by atoms with Gasteiger partial charge in [0.25, 0.3) is 0 Å². The van der Waals surface area contributed by atoms with Gasteiger partial charge in [-0.15, -0.1) is 0 Å². The lowest BCUT2D eigenvalue weighted by atomic mass is 9.63. The highest BCUT2D eigenvalue weighted by Gasteiger charge is 2.48. The average Bonchev–Trinajstić information content (AvgIpc) is 3.31. The van der Waals surface area contributed by atoms with Crippen molar-refractivity contribution in [1.29, 1.82) is 0 Å². The van der Waals surface area contributed by atoms with Gasteiger partial charge in [0.15, 0.2) is 0 Å². The SMILES string of the molecule is C=C1/C(=C\C=C2/CCC[C@]3(C)C(C4CC4)=CCC23)CC(O)C[C@@H]1O. The Morgan fingerprint density at radius 2 is 2.04 bits per heavy atom. The summed E-state index contributed by atoms with van der Waals surface area (Å²) in [5.74, 6) is 1.53. The number of aliphatic hydroxyl groups is 2. The van der Waals surface area contributed by atoms with E-state index >= 15 is 0 Å². The van der Waals surface area contributed by atoms with Crippen LogP contribution in [0.3, 0.4) is 0 Å². The summed E-state index contributed by atoms with van der Waals surface area (Å²) in [5.41, 5.74) is 5.50.